The second kappa shape index (κ2) is 6.60. The van der Waals surface area contributed by atoms with E-state index in [0.29, 0.717) is 12.5 Å². The van der Waals surface area contributed by atoms with E-state index in [9.17, 15) is 4.79 Å². The van der Waals surface area contributed by atoms with Crippen molar-refractivity contribution in [3.8, 4) is 0 Å². The van der Waals surface area contributed by atoms with Gasteiger partial charge in [-0.05, 0) is 32.3 Å². The van der Waals surface area contributed by atoms with Crippen LogP contribution in [0.2, 0.25) is 0 Å². The summed E-state index contributed by atoms with van der Waals surface area (Å²) in [6, 6.07) is 1.93. The Morgan fingerprint density at radius 3 is 2.59 bits per heavy atom. The highest BCUT2D eigenvalue weighted by molar-refractivity contribution is 5.77. The molecule has 0 aliphatic heterocycles. The van der Waals surface area contributed by atoms with Crippen molar-refractivity contribution in [1.82, 2.24) is 4.57 Å². The molecule has 0 amide bonds. The third-order valence-corrected chi connectivity index (χ3v) is 3.04. The van der Waals surface area contributed by atoms with Crippen molar-refractivity contribution in [3.05, 3.63) is 23.0 Å². The van der Waals surface area contributed by atoms with Crippen molar-refractivity contribution in [2.24, 2.45) is 5.92 Å². The average Bonchev–Trinajstić information content (AvgIpc) is 2.54. The topological polar surface area (TPSA) is 31.2 Å². The van der Waals surface area contributed by atoms with Crippen molar-refractivity contribution < 1.29 is 9.53 Å². The van der Waals surface area contributed by atoms with Crippen LogP contribution in [0.25, 0.3) is 0 Å². The first-order valence-corrected chi connectivity index (χ1v) is 6.26. The summed E-state index contributed by atoms with van der Waals surface area (Å²) in [4.78, 5) is 10.8. The van der Waals surface area contributed by atoms with Crippen LogP contribution in [-0.4, -0.2) is 24.1 Å². The van der Waals surface area contributed by atoms with Gasteiger partial charge in [0.1, 0.15) is 0 Å². The maximum atomic E-state index is 10.8. The fraction of sp³-hybridized carbons (Fsp3) is 0.643. The summed E-state index contributed by atoms with van der Waals surface area (Å²) in [6.07, 6.45) is 2.02. The molecule has 0 aliphatic carbocycles. The first-order valence-electron chi connectivity index (χ1n) is 6.26. The molecule has 0 saturated carbocycles. The molecule has 1 heterocycles. The molecule has 0 bridgehead atoms. The van der Waals surface area contributed by atoms with Gasteiger partial charge in [-0.25, -0.2) is 0 Å². The minimum Gasteiger partial charge on any atom is -0.380 e. The van der Waals surface area contributed by atoms with Gasteiger partial charge < -0.3 is 9.30 Å². The van der Waals surface area contributed by atoms with Gasteiger partial charge in [0.25, 0.3) is 0 Å². The van der Waals surface area contributed by atoms with Crippen molar-refractivity contribution in [2.45, 2.75) is 40.7 Å². The molecular formula is C14H23NO2. The van der Waals surface area contributed by atoms with Crippen LogP contribution in [0.1, 0.15) is 42.0 Å². The van der Waals surface area contributed by atoms with E-state index in [1.165, 1.54) is 0 Å². The Bertz CT molecular complexity index is 367. The molecule has 1 aromatic heterocycles. The summed E-state index contributed by atoms with van der Waals surface area (Å²) in [7, 11) is 0. The Labute approximate surface area is 104 Å². The Hall–Kier alpha value is -1.09. The lowest BCUT2D eigenvalue weighted by Gasteiger charge is -2.10. The molecule has 0 atom stereocenters. The normalized spacial score (nSPS) is 11.1. The zero-order valence-corrected chi connectivity index (χ0v) is 11.3. The van der Waals surface area contributed by atoms with Gasteiger partial charge in [0.15, 0.2) is 6.29 Å². The van der Waals surface area contributed by atoms with Crippen molar-refractivity contribution in [2.75, 3.05) is 13.2 Å². The summed E-state index contributed by atoms with van der Waals surface area (Å²) in [6.45, 7) is 10.7. The molecule has 0 fully saturated rings. The molecule has 1 aromatic rings. The second-order valence-corrected chi connectivity index (χ2v) is 4.89. The lowest BCUT2D eigenvalue weighted by Crippen LogP contribution is -2.10. The van der Waals surface area contributed by atoms with Gasteiger partial charge in [-0.1, -0.05) is 13.8 Å². The average molecular weight is 237 g/mol. The van der Waals surface area contributed by atoms with Crippen LogP contribution in [0.3, 0.4) is 0 Å². The molecule has 17 heavy (non-hydrogen) atoms. The lowest BCUT2D eigenvalue weighted by atomic mass is 10.1. The minimum absolute atomic E-state index is 0.687. The number of carbonyl (C=O) groups excluding carboxylic acids is 1. The number of nitrogens with zero attached hydrogens (tertiary/aromatic N) is 1. The maximum Gasteiger partial charge on any atom is 0.151 e. The monoisotopic (exact) mass is 237 g/mol. The molecule has 0 aromatic carbocycles. The van der Waals surface area contributed by atoms with E-state index in [4.69, 9.17) is 4.74 Å². The van der Waals surface area contributed by atoms with Crippen LogP contribution in [0.15, 0.2) is 6.07 Å². The number of hydrogen-bond acceptors (Lipinski definition) is 2. The summed E-state index contributed by atoms with van der Waals surface area (Å²) in [5.41, 5.74) is 2.94. The molecule has 0 radical (unpaired) electrons. The SMILES string of the molecule is Cc1cc(C=O)c(C)n1CCOCCC(C)C. The minimum atomic E-state index is 0.687. The van der Waals surface area contributed by atoms with E-state index in [0.717, 1.165) is 42.8 Å². The van der Waals surface area contributed by atoms with E-state index >= 15 is 0 Å². The van der Waals surface area contributed by atoms with E-state index < -0.39 is 0 Å². The first-order chi connectivity index (χ1) is 8.06. The summed E-state index contributed by atoms with van der Waals surface area (Å²) in [5, 5.41) is 0. The number of aldehydes is 1. The van der Waals surface area contributed by atoms with E-state index in [2.05, 4.69) is 18.4 Å². The predicted molar refractivity (Wildman–Crippen MR) is 69.6 cm³/mol. The molecule has 0 spiro atoms. The second-order valence-electron chi connectivity index (χ2n) is 4.89. The van der Waals surface area contributed by atoms with Crippen LogP contribution in [0.5, 0.6) is 0 Å². The smallest absolute Gasteiger partial charge is 0.151 e. The van der Waals surface area contributed by atoms with Gasteiger partial charge in [-0.2, -0.15) is 0 Å². The Kier molecular flexibility index (Phi) is 5.42. The van der Waals surface area contributed by atoms with Gasteiger partial charge >= 0.3 is 0 Å². The fourth-order valence-corrected chi connectivity index (χ4v) is 1.87. The Balaban J connectivity index is 2.41. The van der Waals surface area contributed by atoms with E-state index in [1.54, 1.807) is 0 Å². The third-order valence-electron chi connectivity index (χ3n) is 3.04. The number of carbonyl (C=O) groups is 1. The summed E-state index contributed by atoms with van der Waals surface area (Å²) in [5.74, 6) is 0.687. The molecule has 0 saturated heterocycles. The Morgan fingerprint density at radius 1 is 1.35 bits per heavy atom. The zero-order valence-electron chi connectivity index (χ0n) is 11.3. The number of rotatable bonds is 7. The van der Waals surface area contributed by atoms with Gasteiger partial charge in [0.2, 0.25) is 0 Å². The van der Waals surface area contributed by atoms with Crippen molar-refractivity contribution >= 4 is 6.29 Å². The number of aromatic nitrogens is 1. The molecule has 1 rings (SSSR count). The molecule has 3 heteroatoms. The standard InChI is InChI=1S/C14H23NO2/c1-11(2)5-7-17-8-6-15-12(3)9-14(10-16)13(15)4/h9-11H,5-8H2,1-4H3. The van der Waals surface area contributed by atoms with E-state index in [-0.39, 0.29) is 0 Å². The Morgan fingerprint density at radius 2 is 2.06 bits per heavy atom. The van der Waals surface area contributed by atoms with E-state index in [1.807, 2.05) is 19.9 Å². The molecule has 96 valence electrons. The maximum absolute atomic E-state index is 10.8. The van der Waals surface area contributed by atoms with Crippen LogP contribution < -0.4 is 0 Å². The zero-order chi connectivity index (χ0) is 12.8. The number of aryl methyl sites for hydroxylation is 1. The largest absolute Gasteiger partial charge is 0.380 e. The quantitative estimate of drug-likeness (QED) is 0.539. The van der Waals surface area contributed by atoms with Crippen molar-refractivity contribution in [1.29, 1.82) is 0 Å². The highest BCUT2D eigenvalue weighted by atomic mass is 16.5. The summed E-state index contributed by atoms with van der Waals surface area (Å²) >= 11 is 0. The number of ether oxygens (including phenoxy) is 1. The van der Waals surface area contributed by atoms with Crippen LogP contribution in [0, 0.1) is 19.8 Å². The molecule has 0 unspecified atom stereocenters. The highest BCUT2D eigenvalue weighted by Gasteiger charge is 2.07. The molecule has 0 aliphatic rings. The van der Waals surface area contributed by atoms with Gasteiger partial charge in [0, 0.05) is 30.1 Å². The van der Waals surface area contributed by atoms with Gasteiger partial charge in [-0.3, -0.25) is 4.79 Å². The predicted octanol–water partition coefficient (Wildman–Crippen LogP) is 2.98. The van der Waals surface area contributed by atoms with Gasteiger partial charge in [0.05, 0.1) is 6.61 Å². The number of hydrogen-bond donors (Lipinski definition) is 0. The summed E-state index contributed by atoms with van der Waals surface area (Å²) < 4.78 is 7.73. The van der Waals surface area contributed by atoms with Crippen LogP contribution in [-0.2, 0) is 11.3 Å². The van der Waals surface area contributed by atoms with Crippen LogP contribution in [0.4, 0.5) is 0 Å². The first kappa shape index (κ1) is 14.0. The third kappa shape index (κ3) is 4.00. The highest BCUT2D eigenvalue weighted by Crippen LogP contribution is 2.12. The van der Waals surface area contributed by atoms with Crippen molar-refractivity contribution in [3.63, 3.8) is 0 Å². The molecular weight excluding hydrogens is 214 g/mol. The van der Waals surface area contributed by atoms with Crippen LogP contribution >= 0.6 is 0 Å². The lowest BCUT2D eigenvalue weighted by molar-refractivity contribution is 0.111. The molecule has 3 nitrogen and oxygen atoms in total. The fourth-order valence-electron chi connectivity index (χ4n) is 1.87. The van der Waals surface area contributed by atoms with Gasteiger partial charge in [-0.15, -0.1) is 0 Å². The molecule has 0 N–H and O–H groups in total.